The average Bonchev–Trinajstić information content (AvgIpc) is 2.80. The molecule has 0 radical (unpaired) electrons. The SMILES string of the molecule is CC(N)c1ccc(OCc2nccs2)c(Cl)c1. The lowest BCUT2D eigenvalue weighted by Crippen LogP contribution is -2.05. The van der Waals surface area contributed by atoms with E-state index in [1.807, 2.05) is 30.5 Å². The molecule has 0 amide bonds. The molecule has 90 valence electrons. The number of aromatic nitrogens is 1. The molecule has 0 fully saturated rings. The topological polar surface area (TPSA) is 48.1 Å². The van der Waals surface area contributed by atoms with Gasteiger partial charge in [0, 0.05) is 17.6 Å². The summed E-state index contributed by atoms with van der Waals surface area (Å²) in [4.78, 5) is 4.14. The van der Waals surface area contributed by atoms with Gasteiger partial charge in [-0.2, -0.15) is 0 Å². The minimum atomic E-state index is -0.0273. The minimum absolute atomic E-state index is 0.0273. The fourth-order valence-electron chi connectivity index (χ4n) is 1.38. The molecule has 1 atom stereocenters. The summed E-state index contributed by atoms with van der Waals surface area (Å²) in [6.07, 6.45) is 1.75. The Kier molecular flexibility index (Phi) is 3.99. The summed E-state index contributed by atoms with van der Waals surface area (Å²) >= 11 is 7.67. The number of nitrogens with zero attached hydrogens (tertiary/aromatic N) is 1. The van der Waals surface area contributed by atoms with Crippen molar-refractivity contribution in [2.24, 2.45) is 5.73 Å². The first-order valence-electron chi connectivity index (χ1n) is 5.23. The van der Waals surface area contributed by atoms with Crippen LogP contribution in [0.4, 0.5) is 0 Å². The summed E-state index contributed by atoms with van der Waals surface area (Å²) in [6.45, 7) is 2.36. The zero-order valence-corrected chi connectivity index (χ0v) is 11.0. The van der Waals surface area contributed by atoms with E-state index in [1.54, 1.807) is 17.5 Å². The van der Waals surface area contributed by atoms with Crippen molar-refractivity contribution in [1.82, 2.24) is 4.98 Å². The van der Waals surface area contributed by atoms with Crippen molar-refractivity contribution in [2.45, 2.75) is 19.6 Å². The Balaban J connectivity index is 2.06. The highest BCUT2D eigenvalue weighted by atomic mass is 35.5. The number of halogens is 1. The van der Waals surface area contributed by atoms with Gasteiger partial charge in [-0.05, 0) is 24.6 Å². The smallest absolute Gasteiger partial charge is 0.140 e. The molecule has 2 aromatic rings. The van der Waals surface area contributed by atoms with E-state index in [1.165, 1.54) is 0 Å². The molecule has 5 heteroatoms. The van der Waals surface area contributed by atoms with Crippen LogP contribution in [-0.2, 0) is 6.61 Å². The van der Waals surface area contributed by atoms with Crippen LogP contribution in [0.15, 0.2) is 29.8 Å². The maximum Gasteiger partial charge on any atom is 0.140 e. The van der Waals surface area contributed by atoms with E-state index in [4.69, 9.17) is 22.1 Å². The fourth-order valence-corrected chi connectivity index (χ4v) is 2.15. The van der Waals surface area contributed by atoms with Gasteiger partial charge in [0.2, 0.25) is 0 Å². The lowest BCUT2D eigenvalue weighted by atomic mass is 10.1. The third kappa shape index (κ3) is 3.19. The first kappa shape index (κ1) is 12.4. The van der Waals surface area contributed by atoms with Crippen LogP contribution in [0, 0.1) is 0 Å². The molecular formula is C12H13ClN2OS. The summed E-state index contributed by atoms with van der Waals surface area (Å²) in [5, 5.41) is 3.42. The first-order chi connectivity index (χ1) is 8.16. The van der Waals surface area contributed by atoms with Crippen molar-refractivity contribution in [3.05, 3.63) is 45.4 Å². The standard InChI is InChI=1S/C12H13ClN2OS/c1-8(14)9-2-3-11(10(13)6-9)16-7-12-15-4-5-17-12/h2-6,8H,7,14H2,1H3. The molecule has 0 saturated heterocycles. The van der Waals surface area contributed by atoms with Crippen molar-refractivity contribution >= 4 is 22.9 Å². The molecule has 0 saturated carbocycles. The molecule has 1 aromatic carbocycles. The van der Waals surface area contributed by atoms with Crippen molar-refractivity contribution in [1.29, 1.82) is 0 Å². The van der Waals surface area contributed by atoms with Crippen molar-refractivity contribution < 1.29 is 4.74 Å². The lowest BCUT2D eigenvalue weighted by molar-refractivity contribution is 0.305. The van der Waals surface area contributed by atoms with Crippen molar-refractivity contribution in [3.8, 4) is 5.75 Å². The maximum atomic E-state index is 6.12. The predicted molar refractivity (Wildman–Crippen MR) is 70.5 cm³/mol. The van der Waals surface area contributed by atoms with Crippen LogP contribution in [0.1, 0.15) is 23.5 Å². The first-order valence-corrected chi connectivity index (χ1v) is 6.49. The largest absolute Gasteiger partial charge is 0.485 e. The number of nitrogens with two attached hydrogens (primary N) is 1. The zero-order chi connectivity index (χ0) is 12.3. The van der Waals surface area contributed by atoms with Gasteiger partial charge in [0.1, 0.15) is 17.4 Å². The Hall–Kier alpha value is -1.10. The van der Waals surface area contributed by atoms with Crippen LogP contribution in [0.5, 0.6) is 5.75 Å². The highest BCUT2D eigenvalue weighted by Gasteiger charge is 2.06. The Labute approximate surface area is 109 Å². The van der Waals surface area contributed by atoms with E-state index >= 15 is 0 Å². The molecule has 1 aromatic heterocycles. The van der Waals surface area contributed by atoms with Gasteiger partial charge in [-0.3, -0.25) is 0 Å². The second kappa shape index (κ2) is 5.49. The Morgan fingerprint density at radius 2 is 2.35 bits per heavy atom. The summed E-state index contributed by atoms with van der Waals surface area (Å²) in [6, 6.07) is 5.58. The molecule has 0 aliphatic carbocycles. The van der Waals surface area contributed by atoms with Gasteiger partial charge in [-0.1, -0.05) is 17.7 Å². The number of thiazole rings is 1. The molecule has 1 heterocycles. The third-order valence-corrected chi connectivity index (χ3v) is 3.36. The van der Waals surface area contributed by atoms with Crippen LogP contribution in [-0.4, -0.2) is 4.98 Å². The summed E-state index contributed by atoms with van der Waals surface area (Å²) in [5.74, 6) is 0.659. The molecule has 1 unspecified atom stereocenters. The highest BCUT2D eigenvalue weighted by molar-refractivity contribution is 7.09. The second-order valence-electron chi connectivity index (χ2n) is 3.69. The van der Waals surface area contributed by atoms with Crippen molar-refractivity contribution in [3.63, 3.8) is 0 Å². The molecule has 0 aliphatic rings. The molecule has 0 bridgehead atoms. The van der Waals surface area contributed by atoms with Gasteiger partial charge in [0.25, 0.3) is 0 Å². The van der Waals surface area contributed by atoms with Crippen LogP contribution < -0.4 is 10.5 Å². The highest BCUT2D eigenvalue weighted by Crippen LogP contribution is 2.28. The summed E-state index contributed by atoms with van der Waals surface area (Å²) in [7, 11) is 0. The summed E-state index contributed by atoms with van der Waals surface area (Å²) in [5.41, 5.74) is 6.77. The molecule has 0 spiro atoms. The van der Waals surface area contributed by atoms with Gasteiger partial charge in [-0.15, -0.1) is 11.3 Å². The Morgan fingerprint density at radius 1 is 1.53 bits per heavy atom. The van der Waals surface area contributed by atoms with Crippen LogP contribution in [0.2, 0.25) is 5.02 Å². The third-order valence-electron chi connectivity index (χ3n) is 2.32. The quantitative estimate of drug-likeness (QED) is 0.925. The molecular weight excluding hydrogens is 256 g/mol. The van der Waals surface area contributed by atoms with E-state index in [-0.39, 0.29) is 6.04 Å². The van der Waals surface area contributed by atoms with Crippen molar-refractivity contribution in [2.75, 3.05) is 0 Å². The van der Waals surface area contributed by atoms with Gasteiger partial charge in [-0.25, -0.2) is 4.98 Å². The van der Waals surface area contributed by atoms with Gasteiger partial charge >= 0.3 is 0 Å². The molecule has 2 rings (SSSR count). The summed E-state index contributed by atoms with van der Waals surface area (Å²) < 4.78 is 5.59. The average molecular weight is 269 g/mol. The lowest BCUT2D eigenvalue weighted by Gasteiger charge is -2.10. The van der Waals surface area contributed by atoms with E-state index in [0.717, 1.165) is 10.6 Å². The maximum absolute atomic E-state index is 6.12. The molecule has 2 N–H and O–H groups in total. The number of ether oxygens (including phenoxy) is 1. The van der Waals surface area contributed by atoms with E-state index in [9.17, 15) is 0 Å². The molecule has 0 aliphatic heterocycles. The van der Waals surface area contributed by atoms with Gasteiger partial charge < -0.3 is 10.5 Å². The van der Waals surface area contributed by atoms with Crippen LogP contribution >= 0.6 is 22.9 Å². The number of benzene rings is 1. The number of hydrogen-bond donors (Lipinski definition) is 1. The monoisotopic (exact) mass is 268 g/mol. The normalized spacial score (nSPS) is 12.4. The zero-order valence-electron chi connectivity index (χ0n) is 9.39. The molecule has 3 nitrogen and oxygen atoms in total. The van der Waals surface area contributed by atoms with E-state index < -0.39 is 0 Å². The number of rotatable bonds is 4. The van der Waals surface area contributed by atoms with Crippen LogP contribution in [0.3, 0.4) is 0 Å². The molecule has 17 heavy (non-hydrogen) atoms. The minimum Gasteiger partial charge on any atom is -0.485 e. The number of hydrogen-bond acceptors (Lipinski definition) is 4. The van der Waals surface area contributed by atoms with Crippen LogP contribution in [0.25, 0.3) is 0 Å². The Morgan fingerprint density at radius 3 is 2.94 bits per heavy atom. The fraction of sp³-hybridized carbons (Fsp3) is 0.250. The Bertz CT molecular complexity index is 485. The van der Waals surface area contributed by atoms with Gasteiger partial charge in [0.15, 0.2) is 0 Å². The predicted octanol–water partition coefficient (Wildman–Crippen LogP) is 3.40. The van der Waals surface area contributed by atoms with Gasteiger partial charge in [0.05, 0.1) is 5.02 Å². The van der Waals surface area contributed by atoms with E-state index in [0.29, 0.717) is 17.4 Å². The second-order valence-corrected chi connectivity index (χ2v) is 5.08. The van der Waals surface area contributed by atoms with E-state index in [2.05, 4.69) is 4.98 Å².